The molecule has 3 rings (SSSR count). The fraction of sp³-hybridized carbons (Fsp3) is 0.720. The molecule has 0 bridgehead atoms. The molecule has 1 spiro atoms. The highest BCUT2D eigenvalue weighted by molar-refractivity contribution is 6.10. The molecule has 36 heavy (non-hydrogen) atoms. The summed E-state index contributed by atoms with van der Waals surface area (Å²) in [6.07, 6.45) is 3.40. The zero-order chi connectivity index (χ0) is 27.0. The third kappa shape index (κ3) is 5.34. The number of aromatic amines is 1. The van der Waals surface area contributed by atoms with Gasteiger partial charge in [-0.3, -0.25) is 28.8 Å². The number of nitrogens with zero attached hydrogens (tertiary/aromatic N) is 3. The lowest BCUT2D eigenvalue weighted by atomic mass is 9.64. The smallest absolute Gasteiger partial charge is 0.330 e. The minimum atomic E-state index is -1.04. The number of carbonyl (C=O) groups excluding carboxylic acids is 3. The van der Waals surface area contributed by atoms with Crippen molar-refractivity contribution in [2.75, 3.05) is 23.7 Å². The maximum atomic E-state index is 13.6. The molecule has 1 aromatic rings. The normalized spacial score (nSPS) is 23.4. The van der Waals surface area contributed by atoms with Crippen LogP contribution in [0.3, 0.4) is 0 Å². The molecule has 1 aliphatic carbocycles. The van der Waals surface area contributed by atoms with Gasteiger partial charge in [0.05, 0.1) is 0 Å². The van der Waals surface area contributed by atoms with Crippen LogP contribution < -0.4 is 27.2 Å². The van der Waals surface area contributed by atoms with E-state index >= 15 is 0 Å². The van der Waals surface area contributed by atoms with E-state index in [9.17, 15) is 24.0 Å². The van der Waals surface area contributed by atoms with Crippen LogP contribution in [-0.4, -0.2) is 50.9 Å². The lowest BCUT2D eigenvalue weighted by Crippen LogP contribution is -2.54. The summed E-state index contributed by atoms with van der Waals surface area (Å²) in [4.78, 5) is 69.6. The van der Waals surface area contributed by atoms with Crippen LogP contribution in [0.25, 0.3) is 0 Å². The molecule has 4 N–H and O–H groups in total. The van der Waals surface area contributed by atoms with E-state index in [4.69, 9.17) is 5.73 Å². The van der Waals surface area contributed by atoms with Crippen molar-refractivity contribution in [2.24, 2.45) is 17.3 Å². The topological polar surface area (TPSA) is 151 Å². The van der Waals surface area contributed by atoms with Crippen LogP contribution in [0.2, 0.25) is 0 Å². The summed E-state index contributed by atoms with van der Waals surface area (Å²) in [5, 5.41) is 2.87. The van der Waals surface area contributed by atoms with Crippen molar-refractivity contribution >= 4 is 29.4 Å². The Morgan fingerprint density at radius 1 is 1.19 bits per heavy atom. The second-order valence-electron chi connectivity index (χ2n) is 11.7. The van der Waals surface area contributed by atoms with Gasteiger partial charge in [-0.1, -0.05) is 48.0 Å². The summed E-state index contributed by atoms with van der Waals surface area (Å²) < 4.78 is 1.25. The number of nitrogen functional groups attached to an aromatic ring is 1. The molecule has 2 aliphatic rings. The minimum absolute atomic E-state index is 0.0572. The molecule has 2 heterocycles. The van der Waals surface area contributed by atoms with Crippen molar-refractivity contribution in [1.29, 1.82) is 0 Å². The van der Waals surface area contributed by atoms with E-state index in [1.165, 1.54) is 9.47 Å². The van der Waals surface area contributed by atoms with E-state index < -0.39 is 41.2 Å². The molecule has 1 aliphatic heterocycles. The number of nitrogens with two attached hydrogens (primary N) is 1. The van der Waals surface area contributed by atoms with Crippen LogP contribution in [0.15, 0.2) is 9.59 Å². The molecule has 2 fully saturated rings. The van der Waals surface area contributed by atoms with Gasteiger partial charge in [0.2, 0.25) is 5.91 Å². The predicted octanol–water partition coefficient (Wildman–Crippen LogP) is 2.04. The monoisotopic (exact) mass is 504 g/mol. The molecule has 2 atom stereocenters. The Morgan fingerprint density at radius 3 is 2.44 bits per heavy atom. The highest BCUT2D eigenvalue weighted by Gasteiger charge is 2.56. The van der Waals surface area contributed by atoms with Crippen LogP contribution in [0.1, 0.15) is 73.6 Å². The van der Waals surface area contributed by atoms with Crippen molar-refractivity contribution in [3.05, 3.63) is 20.8 Å². The van der Waals surface area contributed by atoms with E-state index in [2.05, 4.69) is 31.1 Å². The zero-order valence-electron chi connectivity index (χ0n) is 22.3. The number of urea groups is 1. The molecule has 0 radical (unpaired) electrons. The van der Waals surface area contributed by atoms with E-state index in [0.29, 0.717) is 19.3 Å². The largest absolute Gasteiger partial charge is 0.383 e. The van der Waals surface area contributed by atoms with Crippen molar-refractivity contribution < 1.29 is 14.4 Å². The third-order valence-electron chi connectivity index (χ3n) is 6.99. The standard InChI is InChI=1S/C25H40N6O5/c1-7-8-9-29-19(26)18(20(33)27-22(29)35)30(12-15(2)3)17(32)13-31-21(34)25(28-23(31)36)11-16(4)10-24(5,6)14-25/h15-16H,7-14,26H2,1-6H3,(H,28,36)(H,27,33,35)/t16-,25+/m0/s1. The summed E-state index contributed by atoms with van der Waals surface area (Å²) in [5.74, 6) is -0.973. The van der Waals surface area contributed by atoms with Crippen LogP contribution in [0.4, 0.5) is 16.3 Å². The predicted molar refractivity (Wildman–Crippen MR) is 138 cm³/mol. The number of anilines is 2. The average Bonchev–Trinajstić information content (AvgIpc) is 2.94. The van der Waals surface area contributed by atoms with E-state index in [0.717, 1.165) is 17.7 Å². The number of unbranched alkanes of at least 4 members (excludes halogenated alkanes) is 1. The molecule has 4 amide bonds. The lowest BCUT2D eigenvalue weighted by Gasteiger charge is -2.43. The number of rotatable bonds is 8. The molecule has 1 saturated heterocycles. The molecule has 1 aromatic heterocycles. The zero-order valence-corrected chi connectivity index (χ0v) is 22.3. The van der Waals surface area contributed by atoms with E-state index in [1.807, 2.05) is 20.8 Å². The number of hydrogen-bond donors (Lipinski definition) is 3. The maximum absolute atomic E-state index is 13.6. The van der Waals surface area contributed by atoms with Crippen molar-refractivity contribution in [2.45, 2.75) is 85.7 Å². The summed E-state index contributed by atoms with van der Waals surface area (Å²) in [6.45, 7) is 11.8. The lowest BCUT2D eigenvalue weighted by molar-refractivity contribution is -0.137. The van der Waals surface area contributed by atoms with Gasteiger partial charge in [-0.05, 0) is 42.9 Å². The first-order valence-electron chi connectivity index (χ1n) is 12.8. The van der Waals surface area contributed by atoms with Gasteiger partial charge in [-0.2, -0.15) is 0 Å². The van der Waals surface area contributed by atoms with Crippen molar-refractivity contribution in [1.82, 2.24) is 19.8 Å². The van der Waals surface area contributed by atoms with Gasteiger partial charge in [0.1, 0.15) is 17.9 Å². The van der Waals surface area contributed by atoms with Gasteiger partial charge < -0.3 is 16.0 Å². The fourth-order valence-corrected chi connectivity index (χ4v) is 5.93. The van der Waals surface area contributed by atoms with Crippen LogP contribution in [0, 0.1) is 17.3 Å². The van der Waals surface area contributed by atoms with Crippen molar-refractivity contribution in [3.63, 3.8) is 0 Å². The van der Waals surface area contributed by atoms with Gasteiger partial charge in [0, 0.05) is 13.1 Å². The quantitative estimate of drug-likeness (QED) is 0.461. The van der Waals surface area contributed by atoms with Crippen LogP contribution >= 0.6 is 0 Å². The molecule has 11 heteroatoms. The highest BCUT2D eigenvalue weighted by Crippen LogP contribution is 2.46. The second-order valence-corrected chi connectivity index (χ2v) is 11.7. The fourth-order valence-electron chi connectivity index (χ4n) is 5.93. The summed E-state index contributed by atoms with van der Waals surface area (Å²) in [6, 6.07) is -0.613. The van der Waals surface area contributed by atoms with Gasteiger partial charge in [0.15, 0.2) is 5.69 Å². The van der Waals surface area contributed by atoms with E-state index in [-0.39, 0.29) is 41.8 Å². The minimum Gasteiger partial charge on any atom is -0.383 e. The Morgan fingerprint density at radius 2 is 1.86 bits per heavy atom. The molecular formula is C25H40N6O5. The first-order chi connectivity index (χ1) is 16.7. The number of H-pyrrole nitrogens is 1. The Bertz CT molecular complexity index is 1150. The number of hydrogen-bond acceptors (Lipinski definition) is 6. The van der Waals surface area contributed by atoms with Gasteiger partial charge in [0.25, 0.3) is 11.5 Å². The molecule has 11 nitrogen and oxygen atoms in total. The number of imide groups is 1. The highest BCUT2D eigenvalue weighted by atomic mass is 16.2. The van der Waals surface area contributed by atoms with Crippen LogP contribution in [0.5, 0.6) is 0 Å². The second kappa shape index (κ2) is 10.1. The van der Waals surface area contributed by atoms with Crippen molar-refractivity contribution in [3.8, 4) is 0 Å². The van der Waals surface area contributed by atoms with Gasteiger partial charge >= 0.3 is 11.7 Å². The van der Waals surface area contributed by atoms with Gasteiger partial charge in [-0.15, -0.1) is 0 Å². The molecule has 1 saturated carbocycles. The average molecular weight is 505 g/mol. The molecular weight excluding hydrogens is 464 g/mol. The summed E-state index contributed by atoms with van der Waals surface area (Å²) in [7, 11) is 0. The van der Waals surface area contributed by atoms with Gasteiger partial charge in [-0.25, -0.2) is 9.59 Å². The van der Waals surface area contributed by atoms with E-state index in [1.54, 1.807) is 0 Å². The summed E-state index contributed by atoms with van der Waals surface area (Å²) >= 11 is 0. The Hall–Kier alpha value is -3.11. The number of aromatic nitrogens is 2. The van der Waals surface area contributed by atoms with Crippen LogP contribution in [-0.2, 0) is 16.1 Å². The molecule has 0 unspecified atom stereocenters. The Balaban J connectivity index is 1.95. The first-order valence-corrected chi connectivity index (χ1v) is 12.8. The molecule has 0 aromatic carbocycles. The number of carbonyl (C=O) groups is 3. The number of nitrogens with one attached hydrogen (secondary N) is 2. The SMILES string of the molecule is CCCCn1c(N)c(N(CC(C)C)C(=O)CN2C(=O)N[C@@]3(C[C@@H](C)CC(C)(C)C3)C2=O)c(=O)[nH]c1=O. The Labute approximate surface area is 211 Å². The Kier molecular flexibility index (Phi) is 7.71. The summed E-state index contributed by atoms with van der Waals surface area (Å²) in [5.41, 5.74) is 3.51. The molecule has 200 valence electrons. The first kappa shape index (κ1) is 27.5. The maximum Gasteiger partial charge on any atom is 0.330 e. The third-order valence-corrected chi connectivity index (χ3v) is 6.99. The number of amides is 4.